The molecule has 6 nitrogen and oxygen atoms in total. The number of amides is 1. The van der Waals surface area contributed by atoms with Crippen molar-refractivity contribution >= 4 is 22.9 Å². The summed E-state index contributed by atoms with van der Waals surface area (Å²) in [6.07, 6.45) is 7.12. The van der Waals surface area contributed by atoms with Crippen LogP contribution in [0.25, 0.3) is 16.6 Å². The molecule has 1 amide bonds. The van der Waals surface area contributed by atoms with E-state index in [9.17, 15) is 9.59 Å². The van der Waals surface area contributed by atoms with Crippen LogP contribution in [-0.2, 0) is 11.3 Å². The summed E-state index contributed by atoms with van der Waals surface area (Å²) in [6.45, 7) is 1.98. The minimum atomic E-state index is -0.0505. The number of piperidine rings is 1. The van der Waals surface area contributed by atoms with Gasteiger partial charge >= 0.3 is 0 Å². The Morgan fingerprint density at radius 1 is 1.03 bits per heavy atom. The van der Waals surface area contributed by atoms with Gasteiger partial charge in [0.05, 0.1) is 18.1 Å². The number of benzene rings is 1. The Hall–Kier alpha value is -2.96. The van der Waals surface area contributed by atoms with Gasteiger partial charge in [-0.2, -0.15) is 0 Å². The largest absolute Gasteiger partial charge is 0.325 e. The molecule has 2 aliphatic heterocycles. The van der Waals surface area contributed by atoms with Crippen LogP contribution in [0.3, 0.4) is 0 Å². The molecule has 5 rings (SSSR count). The number of nitrogens with zero attached hydrogens (tertiary/aromatic N) is 2. The van der Waals surface area contributed by atoms with Gasteiger partial charge in [-0.25, -0.2) is 0 Å². The van der Waals surface area contributed by atoms with Crippen LogP contribution in [0.2, 0.25) is 0 Å². The Balaban J connectivity index is 1.42. The summed E-state index contributed by atoms with van der Waals surface area (Å²) in [7, 11) is 2.02. The third-order valence-electron chi connectivity index (χ3n) is 6.35. The van der Waals surface area contributed by atoms with E-state index in [2.05, 4.69) is 21.6 Å². The Morgan fingerprint density at radius 2 is 1.80 bits per heavy atom. The Labute approximate surface area is 175 Å². The number of ketones is 1. The second kappa shape index (κ2) is 7.70. The van der Waals surface area contributed by atoms with Crippen LogP contribution in [0, 0.1) is 0 Å². The van der Waals surface area contributed by atoms with E-state index in [1.807, 2.05) is 54.2 Å². The van der Waals surface area contributed by atoms with Crippen LogP contribution in [0.1, 0.15) is 35.2 Å². The number of likely N-dealkylation sites (N-methyl/N-ethyl adjacent to an activating group) is 1. The minimum Gasteiger partial charge on any atom is -0.325 e. The third-order valence-corrected chi connectivity index (χ3v) is 6.35. The molecule has 4 heterocycles. The van der Waals surface area contributed by atoms with Crippen LogP contribution in [0.4, 0.5) is 5.69 Å². The zero-order chi connectivity index (χ0) is 20.7. The van der Waals surface area contributed by atoms with Crippen molar-refractivity contribution in [2.24, 2.45) is 0 Å². The lowest BCUT2D eigenvalue weighted by molar-refractivity contribution is -0.121. The average Bonchev–Trinajstić information content (AvgIpc) is 3.11. The molecule has 3 aromatic rings. The normalized spacial score (nSPS) is 19.6. The molecule has 30 heavy (non-hydrogen) atoms. The molecule has 2 aliphatic rings. The standard InChI is InChI=1S/C24H26N4O2/c1-27-11-3-2-4-21(27)24(30)26-17-7-5-16(6-8-17)18-9-12-28-13-10-19-22(29)15-25-14-20(18)23(19)28/h5-10,12-13,21,25H,2-4,11,14-15H2,1H3,(H,26,30)/t21-/m1/s1. The number of hydrogen-bond donors (Lipinski definition) is 2. The molecular weight excluding hydrogens is 376 g/mol. The van der Waals surface area contributed by atoms with E-state index in [0.717, 1.165) is 59.3 Å². The summed E-state index contributed by atoms with van der Waals surface area (Å²) >= 11 is 0. The van der Waals surface area contributed by atoms with Gasteiger partial charge in [0.15, 0.2) is 5.78 Å². The highest BCUT2D eigenvalue weighted by atomic mass is 16.2. The van der Waals surface area contributed by atoms with Crippen molar-refractivity contribution in [2.45, 2.75) is 31.8 Å². The van der Waals surface area contributed by atoms with E-state index in [-0.39, 0.29) is 17.7 Å². The van der Waals surface area contributed by atoms with Gasteiger partial charge in [-0.3, -0.25) is 14.5 Å². The summed E-state index contributed by atoms with van der Waals surface area (Å²) in [4.78, 5) is 27.2. The lowest BCUT2D eigenvalue weighted by atomic mass is 9.98. The van der Waals surface area contributed by atoms with E-state index < -0.39 is 0 Å². The van der Waals surface area contributed by atoms with Crippen molar-refractivity contribution in [2.75, 3.05) is 25.5 Å². The van der Waals surface area contributed by atoms with E-state index >= 15 is 0 Å². The SMILES string of the molecule is CN1CCCC[C@@H]1C(=O)Nc1ccc(-c2ccn3ccc4c3c2CNCC4=O)cc1. The van der Waals surface area contributed by atoms with Crippen LogP contribution >= 0.6 is 0 Å². The van der Waals surface area contributed by atoms with Crippen molar-refractivity contribution in [3.63, 3.8) is 0 Å². The van der Waals surface area contributed by atoms with Crippen LogP contribution in [-0.4, -0.2) is 47.2 Å². The number of likely N-dealkylation sites (tertiary alicyclic amines) is 1. The zero-order valence-corrected chi connectivity index (χ0v) is 17.1. The van der Waals surface area contributed by atoms with E-state index in [1.165, 1.54) is 0 Å². The van der Waals surface area contributed by atoms with Crippen LogP contribution in [0.5, 0.6) is 0 Å². The number of carbonyl (C=O) groups is 2. The smallest absolute Gasteiger partial charge is 0.241 e. The second-order valence-corrected chi connectivity index (χ2v) is 8.28. The van der Waals surface area contributed by atoms with Gasteiger partial charge in [-0.1, -0.05) is 18.6 Å². The number of anilines is 1. The monoisotopic (exact) mass is 402 g/mol. The molecule has 0 radical (unpaired) electrons. The number of nitrogens with one attached hydrogen (secondary N) is 2. The van der Waals surface area contributed by atoms with E-state index in [4.69, 9.17) is 0 Å². The fourth-order valence-electron chi connectivity index (χ4n) is 4.71. The lowest BCUT2D eigenvalue weighted by Gasteiger charge is -2.31. The predicted molar refractivity (Wildman–Crippen MR) is 118 cm³/mol. The van der Waals surface area contributed by atoms with Crippen molar-refractivity contribution < 1.29 is 9.59 Å². The number of rotatable bonds is 3. The summed E-state index contributed by atoms with van der Waals surface area (Å²) in [5, 5.41) is 6.32. The number of pyridine rings is 1. The quantitative estimate of drug-likeness (QED) is 0.705. The second-order valence-electron chi connectivity index (χ2n) is 8.28. The number of aromatic nitrogens is 1. The summed E-state index contributed by atoms with van der Waals surface area (Å²) in [5.41, 5.74) is 5.88. The summed E-state index contributed by atoms with van der Waals surface area (Å²) in [6, 6.07) is 11.9. The maximum Gasteiger partial charge on any atom is 0.241 e. The summed E-state index contributed by atoms with van der Waals surface area (Å²) in [5.74, 6) is 0.192. The number of carbonyl (C=O) groups excluding carboxylic acids is 2. The minimum absolute atomic E-state index is 0.0505. The molecule has 0 bridgehead atoms. The lowest BCUT2D eigenvalue weighted by Crippen LogP contribution is -2.44. The Bertz CT molecular complexity index is 1120. The van der Waals surface area contributed by atoms with Gasteiger partial charge in [0.25, 0.3) is 0 Å². The van der Waals surface area contributed by atoms with Gasteiger partial charge in [0, 0.05) is 30.2 Å². The van der Waals surface area contributed by atoms with Crippen LogP contribution < -0.4 is 10.6 Å². The van der Waals surface area contributed by atoms with E-state index in [0.29, 0.717) is 13.1 Å². The predicted octanol–water partition coefficient (Wildman–Crippen LogP) is 3.32. The maximum absolute atomic E-state index is 12.7. The molecule has 0 spiro atoms. The first-order valence-corrected chi connectivity index (χ1v) is 10.6. The van der Waals surface area contributed by atoms with E-state index in [1.54, 1.807) is 0 Å². The molecule has 2 aromatic heterocycles. The number of hydrogen-bond acceptors (Lipinski definition) is 4. The molecule has 0 saturated carbocycles. The molecule has 154 valence electrons. The van der Waals surface area contributed by atoms with Crippen molar-refractivity contribution in [1.29, 1.82) is 0 Å². The highest BCUT2D eigenvalue weighted by Crippen LogP contribution is 2.31. The fraction of sp³-hybridized carbons (Fsp3) is 0.333. The highest BCUT2D eigenvalue weighted by molar-refractivity contribution is 6.06. The number of Topliss-reactive ketones (excluding diaryl/α,β-unsaturated/α-hetero) is 1. The Kier molecular flexibility index (Phi) is 4.89. The van der Waals surface area contributed by atoms with Gasteiger partial charge in [0.1, 0.15) is 0 Å². The van der Waals surface area contributed by atoms with Gasteiger partial charge < -0.3 is 15.0 Å². The molecule has 1 fully saturated rings. The topological polar surface area (TPSA) is 65.8 Å². The Morgan fingerprint density at radius 3 is 2.57 bits per heavy atom. The molecule has 1 saturated heterocycles. The molecule has 1 atom stereocenters. The molecular formula is C24H26N4O2. The first kappa shape index (κ1) is 19.0. The van der Waals surface area contributed by atoms with Gasteiger partial charge in [0.2, 0.25) is 5.91 Å². The van der Waals surface area contributed by atoms with Crippen molar-refractivity contribution in [1.82, 2.24) is 14.6 Å². The molecule has 2 N–H and O–H groups in total. The average molecular weight is 402 g/mol. The van der Waals surface area contributed by atoms with Gasteiger partial charge in [-0.15, -0.1) is 0 Å². The fourth-order valence-corrected chi connectivity index (χ4v) is 4.71. The summed E-state index contributed by atoms with van der Waals surface area (Å²) < 4.78 is 2.02. The van der Waals surface area contributed by atoms with Gasteiger partial charge in [-0.05, 0) is 67.4 Å². The van der Waals surface area contributed by atoms with Crippen LogP contribution in [0.15, 0.2) is 48.8 Å². The molecule has 0 aliphatic carbocycles. The zero-order valence-electron chi connectivity index (χ0n) is 17.1. The van der Waals surface area contributed by atoms with Crippen molar-refractivity contribution in [3.05, 3.63) is 59.9 Å². The molecule has 1 aromatic carbocycles. The molecule has 6 heteroatoms. The molecule has 0 unspecified atom stereocenters. The first-order valence-electron chi connectivity index (χ1n) is 10.6. The first-order chi connectivity index (χ1) is 14.6. The highest BCUT2D eigenvalue weighted by Gasteiger charge is 2.26. The van der Waals surface area contributed by atoms with Crippen molar-refractivity contribution in [3.8, 4) is 11.1 Å². The third kappa shape index (κ3) is 3.32. The maximum atomic E-state index is 12.7.